The van der Waals surface area contributed by atoms with Crippen LogP contribution in [0, 0.1) is 18.3 Å². The summed E-state index contributed by atoms with van der Waals surface area (Å²) in [5.74, 6) is 1.93. The first-order chi connectivity index (χ1) is 8.74. The van der Waals surface area contributed by atoms with Crippen molar-refractivity contribution in [2.45, 2.75) is 6.92 Å². The lowest BCUT2D eigenvalue weighted by Gasteiger charge is -2.09. The van der Waals surface area contributed by atoms with Gasteiger partial charge in [0.25, 0.3) is 0 Å². The monoisotopic (exact) mass is 239 g/mol. The van der Waals surface area contributed by atoms with E-state index in [0.717, 1.165) is 11.3 Å². The van der Waals surface area contributed by atoms with E-state index in [1.165, 1.54) is 0 Å². The van der Waals surface area contributed by atoms with Crippen LogP contribution in [0.15, 0.2) is 42.5 Å². The maximum absolute atomic E-state index is 9.12. The Bertz CT molecular complexity index is 600. The summed E-state index contributed by atoms with van der Waals surface area (Å²) in [6.07, 6.45) is 0. The van der Waals surface area contributed by atoms with E-state index in [1.807, 2.05) is 37.3 Å². The Labute approximate surface area is 106 Å². The lowest BCUT2D eigenvalue weighted by atomic mass is 10.1. The van der Waals surface area contributed by atoms with Crippen molar-refractivity contribution in [1.82, 2.24) is 0 Å². The molecular formula is C15H13NO2. The average molecular weight is 239 g/mol. The summed E-state index contributed by atoms with van der Waals surface area (Å²) in [7, 11) is 1.60. The van der Waals surface area contributed by atoms with Gasteiger partial charge in [-0.05, 0) is 30.7 Å². The van der Waals surface area contributed by atoms with Gasteiger partial charge in [0.2, 0.25) is 0 Å². The molecule has 2 aromatic rings. The molecule has 0 spiro atoms. The molecule has 0 radical (unpaired) electrons. The number of rotatable bonds is 3. The molecule has 0 heterocycles. The minimum atomic E-state index is 0.556. The fourth-order valence-electron chi connectivity index (χ4n) is 1.66. The van der Waals surface area contributed by atoms with Crippen LogP contribution in [-0.4, -0.2) is 7.11 Å². The second-order valence-corrected chi connectivity index (χ2v) is 3.84. The van der Waals surface area contributed by atoms with Gasteiger partial charge in [0, 0.05) is 6.07 Å². The second-order valence-electron chi connectivity index (χ2n) is 3.84. The Morgan fingerprint density at radius 2 is 1.78 bits per heavy atom. The molecule has 0 unspecified atom stereocenters. The Hall–Kier alpha value is -2.47. The molecule has 18 heavy (non-hydrogen) atoms. The molecule has 3 nitrogen and oxygen atoms in total. The van der Waals surface area contributed by atoms with Crippen LogP contribution in [-0.2, 0) is 0 Å². The highest BCUT2D eigenvalue weighted by molar-refractivity contribution is 5.50. The van der Waals surface area contributed by atoms with Crippen molar-refractivity contribution in [3.8, 4) is 23.3 Å². The molecular weight excluding hydrogens is 226 g/mol. The quantitative estimate of drug-likeness (QED) is 0.820. The van der Waals surface area contributed by atoms with Crippen LogP contribution >= 0.6 is 0 Å². The summed E-state index contributed by atoms with van der Waals surface area (Å²) in [5.41, 5.74) is 1.46. The predicted molar refractivity (Wildman–Crippen MR) is 69.0 cm³/mol. The first-order valence-electron chi connectivity index (χ1n) is 5.56. The zero-order valence-electron chi connectivity index (χ0n) is 10.3. The standard InChI is InChI=1S/C15H13NO2/c1-11-5-3-8-15(14(11)10-16)18-13-7-4-6-12(9-13)17-2/h3-9H,1-2H3. The molecule has 0 atom stereocenters. The summed E-state index contributed by atoms with van der Waals surface area (Å²) in [6.45, 7) is 1.89. The maximum atomic E-state index is 9.12. The van der Waals surface area contributed by atoms with Gasteiger partial charge in [-0.25, -0.2) is 0 Å². The van der Waals surface area contributed by atoms with E-state index in [9.17, 15) is 0 Å². The third-order valence-corrected chi connectivity index (χ3v) is 2.62. The molecule has 0 N–H and O–H groups in total. The summed E-state index contributed by atoms with van der Waals surface area (Å²) < 4.78 is 10.8. The Kier molecular flexibility index (Phi) is 3.49. The van der Waals surface area contributed by atoms with Crippen molar-refractivity contribution in [2.24, 2.45) is 0 Å². The van der Waals surface area contributed by atoms with E-state index in [1.54, 1.807) is 19.2 Å². The van der Waals surface area contributed by atoms with E-state index in [2.05, 4.69) is 6.07 Å². The van der Waals surface area contributed by atoms with Gasteiger partial charge in [0.1, 0.15) is 23.3 Å². The molecule has 0 aromatic heterocycles. The lowest BCUT2D eigenvalue weighted by molar-refractivity contribution is 0.409. The van der Waals surface area contributed by atoms with Crippen molar-refractivity contribution >= 4 is 0 Å². The van der Waals surface area contributed by atoms with Crippen molar-refractivity contribution in [3.63, 3.8) is 0 Å². The number of benzene rings is 2. The molecule has 0 saturated heterocycles. The van der Waals surface area contributed by atoms with Crippen LogP contribution in [0.3, 0.4) is 0 Å². The van der Waals surface area contributed by atoms with Crippen molar-refractivity contribution in [2.75, 3.05) is 7.11 Å². The Morgan fingerprint density at radius 3 is 2.50 bits per heavy atom. The molecule has 2 aromatic carbocycles. The van der Waals surface area contributed by atoms with Crippen molar-refractivity contribution < 1.29 is 9.47 Å². The Morgan fingerprint density at radius 1 is 1.06 bits per heavy atom. The molecule has 0 bridgehead atoms. The van der Waals surface area contributed by atoms with E-state index in [-0.39, 0.29) is 0 Å². The van der Waals surface area contributed by atoms with E-state index < -0.39 is 0 Å². The number of ether oxygens (including phenoxy) is 2. The normalized spacial score (nSPS) is 9.61. The van der Waals surface area contributed by atoms with E-state index in [4.69, 9.17) is 14.7 Å². The maximum Gasteiger partial charge on any atom is 0.145 e. The van der Waals surface area contributed by atoms with Gasteiger partial charge in [-0.15, -0.1) is 0 Å². The van der Waals surface area contributed by atoms with Crippen LogP contribution < -0.4 is 9.47 Å². The zero-order chi connectivity index (χ0) is 13.0. The Balaban J connectivity index is 2.34. The molecule has 0 fully saturated rings. The highest BCUT2D eigenvalue weighted by atomic mass is 16.5. The molecule has 90 valence electrons. The van der Waals surface area contributed by atoms with Crippen LogP contribution in [0.25, 0.3) is 0 Å². The first-order valence-corrected chi connectivity index (χ1v) is 5.56. The molecule has 0 aliphatic rings. The smallest absolute Gasteiger partial charge is 0.145 e. The number of hydrogen-bond acceptors (Lipinski definition) is 3. The van der Waals surface area contributed by atoms with Crippen LogP contribution in [0.4, 0.5) is 0 Å². The predicted octanol–water partition coefficient (Wildman–Crippen LogP) is 3.67. The molecule has 0 aliphatic heterocycles. The summed E-state index contributed by atoms with van der Waals surface area (Å²) in [4.78, 5) is 0. The average Bonchev–Trinajstić information content (AvgIpc) is 2.39. The number of nitrogens with zero attached hydrogens (tertiary/aromatic N) is 1. The molecule has 0 aliphatic carbocycles. The molecule has 3 heteroatoms. The van der Waals surface area contributed by atoms with Crippen LogP contribution in [0.1, 0.15) is 11.1 Å². The highest BCUT2D eigenvalue weighted by Gasteiger charge is 2.07. The number of aryl methyl sites for hydroxylation is 1. The third-order valence-electron chi connectivity index (χ3n) is 2.62. The van der Waals surface area contributed by atoms with Gasteiger partial charge < -0.3 is 9.47 Å². The zero-order valence-corrected chi connectivity index (χ0v) is 10.3. The minimum absolute atomic E-state index is 0.556. The highest BCUT2D eigenvalue weighted by Crippen LogP contribution is 2.28. The van der Waals surface area contributed by atoms with Gasteiger partial charge >= 0.3 is 0 Å². The lowest BCUT2D eigenvalue weighted by Crippen LogP contribution is -1.91. The van der Waals surface area contributed by atoms with Gasteiger partial charge in [-0.3, -0.25) is 0 Å². The number of nitriles is 1. The largest absolute Gasteiger partial charge is 0.497 e. The molecule has 0 saturated carbocycles. The van der Waals surface area contributed by atoms with Gasteiger partial charge in [-0.2, -0.15) is 5.26 Å². The summed E-state index contributed by atoms with van der Waals surface area (Å²) in [6, 6.07) is 15.0. The topological polar surface area (TPSA) is 42.2 Å². The van der Waals surface area contributed by atoms with Crippen LogP contribution in [0.2, 0.25) is 0 Å². The van der Waals surface area contributed by atoms with Gasteiger partial charge in [0.05, 0.1) is 12.7 Å². The van der Waals surface area contributed by atoms with Crippen molar-refractivity contribution in [3.05, 3.63) is 53.6 Å². The summed E-state index contributed by atoms with van der Waals surface area (Å²) in [5, 5.41) is 9.12. The van der Waals surface area contributed by atoms with E-state index >= 15 is 0 Å². The minimum Gasteiger partial charge on any atom is -0.497 e. The molecule has 2 rings (SSSR count). The van der Waals surface area contributed by atoms with E-state index in [0.29, 0.717) is 17.1 Å². The van der Waals surface area contributed by atoms with Gasteiger partial charge in [-0.1, -0.05) is 18.2 Å². The van der Waals surface area contributed by atoms with Gasteiger partial charge in [0.15, 0.2) is 0 Å². The fourth-order valence-corrected chi connectivity index (χ4v) is 1.66. The van der Waals surface area contributed by atoms with Crippen LogP contribution in [0.5, 0.6) is 17.2 Å². The first kappa shape index (κ1) is 12.0. The third kappa shape index (κ3) is 2.44. The number of methoxy groups -OCH3 is 1. The number of hydrogen-bond donors (Lipinski definition) is 0. The second kappa shape index (κ2) is 5.24. The molecule has 0 amide bonds. The van der Waals surface area contributed by atoms with Crippen molar-refractivity contribution in [1.29, 1.82) is 5.26 Å². The SMILES string of the molecule is COc1cccc(Oc2cccc(C)c2C#N)c1. The fraction of sp³-hybridized carbons (Fsp3) is 0.133. The summed E-state index contributed by atoms with van der Waals surface area (Å²) >= 11 is 0.